The smallest absolute Gasteiger partial charge is 0.295 e. The largest absolute Gasteiger partial charge is 0.507 e. The van der Waals surface area contributed by atoms with Gasteiger partial charge in [0.1, 0.15) is 18.1 Å². The van der Waals surface area contributed by atoms with E-state index in [1.165, 1.54) is 0 Å². The van der Waals surface area contributed by atoms with Crippen LogP contribution in [-0.2, 0) is 14.3 Å². The van der Waals surface area contributed by atoms with Crippen LogP contribution in [0, 0.1) is 0 Å². The Morgan fingerprint density at radius 1 is 1.06 bits per heavy atom. The number of nitrogens with zero attached hydrogens (tertiary/aromatic N) is 2. The van der Waals surface area contributed by atoms with E-state index in [9.17, 15) is 14.7 Å². The fourth-order valence-electron chi connectivity index (χ4n) is 4.19. The summed E-state index contributed by atoms with van der Waals surface area (Å²) >= 11 is 0. The molecule has 33 heavy (non-hydrogen) atoms. The number of aliphatic hydroxyl groups is 1. The molecule has 172 valence electrons. The van der Waals surface area contributed by atoms with E-state index in [-0.39, 0.29) is 11.3 Å². The van der Waals surface area contributed by atoms with Gasteiger partial charge in [0.05, 0.1) is 24.8 Å². The summed E-state index contributed by atoms with van der Waals surface area (Å²) in [5.74, 6) is -0.830. The Hall–Kier alpha value is -3.42. The predicted octanol–water partition coefficient (Wildman–Crippen LogP) is 3.01. The van der Waals surface area contributed by atoms with E-state index in [2.05, 4.69) is 11.5 Å². The van der Waals surface area contributed by atoms with E-state index in [0.717, 1.165) is 18.7 Å². The first-order valence-electron chi connectivity index (χ1n) is 11.1. The van der Waals surface area contributed by atoms with Crippen LogP contribution in [0.1, 0.15) is 17.2 Å². The molecule has 2 saturated heterocycles. The molecule has 0 saturated carbocycles. The number of aliphatic hydroxyl groups excluding tert-OH is 1. The lowest BCUT2D eigenvalue weighted by molar-refractivity contribution is -0.140. The van der Waals surface area contributed by atoms with E-state index in [1.807, 2.05) is 30.3 Å². The average Bonchev–Trinajstić information content (AvgIpc) is 3.12. The molecule has 4 rings (SSSR count). The lowest BCUT2D eigenvalue weighted by atomic mass is 9.95. The molecule has 7 heteroatoms. The fraction of sp³-hybridized carbons (Fsp3) is 0.308. The molecule has 1 atom stereocenters. The molecule has 0 aliphatic carbocycles. The Labute approximate surface area is 193 Å². The zero-order chi connectivity index (χ0) is 23.2. The maximum absolute atomic E-state index is 13.1. The lowest BCUT2D eigenvalue weighted by Gasteiger charge is -2.31. The Morgan fingerprint density at radius 3 is 2.42 bits per heavy atom. The third-order valence-corrected chi connectivity index (χ3v) is 5.91. The minimum absolute atomic E-state index is 0.105. The molecule has 0 bridgehead atoms. The van der Waals surface area contributed by atoms with Gasteiger partial charge in [-0.25, -0.2) is 0 Å². The summed E-state index contributed by atoms with van der Waals surface area (Å²) in [4.78, 5) is 29.9. The van der Waals surface area contributed by atoms with Crippen molar-refractivity contribution in [3.63, 3.8) is 0 Å². The van der Waals surface area contributed by atoms with E-state index in [0.29, 0.717) is 44.2 Å². The number of ketones is 1. The van der Waals surface area contributed by atoms with E-state index >= 15 is 0 Å². The second-order valence-corrected chi connectivity index (χ2v) is 7.98. The van der Waals surface area contributed by atoms with Gasteiger partial charge < -0.3 is 19.5 Å². The summed E-state index contributed by atoms with van der Waals surface area (Å²) in [6.45, 7) is 7.91. The van der Waals surface area contributed by atoms with Crippen LogP contribution in [0.5, 0.6) is 5.75 Å². The number of carbonyl (C=O) groups is 2. The van der Waals surface area contributed by atoms with Gasteiger partial charge >= 0.3 is 0 Å². The second-order valence-electron chi connectivity index (χ2n) is 7.98. The van der Waals surface area contributed by atoms with Crippen molar-refractivity contribution in [1.29, 1.82) is 0 Å². The first kappa shape index (κ1) is 22.8. The van der Waals surface area contributed by atoms with Gasteiger partial charge in [-0.2, -0.15) is 0 Å². The van der Waals surface area contributed by atoms with Crippen LogP contribution in [0.3, 0.4) is 0 Å². The number of Topliss-reactive ketones (excluding diaryl/α,β-unsaturated/α-hetero) is 1. The highest BCUT2D eigenvalue weighted by atomic mass is 16.5. The third-order valence-electron chi connectivity index (χ3n) is 5.91. The molecule has 0 aromatic heterocycles. The zero-order valence-corrected chi connectivity index (χ0v) is 18.5. The van der Waals surface area contributed by atoms with Gasteiger partial charge in [0.25, 0.3) is 11.7 Å². The van der Waals surface area contributed by atoms with Crippen molar-refractivity contribution >= 4 is 17.4 Å². The molecular weight excluding hydrogens is 420 g/mol. The third kappa shape index (κ3) is 4.99. The highest BCUT2D eigenvalue weighted by Crippen LogP contribution is 2.39. The highest BCUT2D eigenvalue weighted by Gasteiger charge is 2.45. The van der Waals surface area contributed by atoms with Crippen LogP contribution in [0.4, 0.5) is 0 Å². The first-order chi connectivity index (χ1) is 16.1. The van der Waals surface area contributed by atoms with Crippen molar-refractivity contribution in [3.8, 4) is 5.75 Å². The van der Waals surface area contributed by atoms with Gasteiger partial charge in [-0.3, -0.25) is 14.5 Å². The van der Waals surface area contributed by atoms with Crippen LogP contribution < -0.4 is 4.74 Å². The average molecular weight is 449 g/mol. The monoisotopic (exact) mass is 448 g/mol. The SMILES string of the molecule is C=CCOc1ccc(/C(O)=C2\C(=O)C(=O)N(CCN3CCOCC3)[C@@H]2c2ccccc2)cc1. The molecule has 0 spiro atoms. The molecule has 0 unspecified atom stereocenters. The van der Waals surface area contributed by atoms with Crippen molar-refractivity contribution in [2.75, 3.05) is 46.0 Å². The Morgan fingerprint density at radius 2 is 1.76 bits per heavy atom. The number of amides is 1. The Balaban J connectivity index is 1.66. The molecule has 2 heterocycles. The number of rotatable bonds is 8. The van der Waals surface area contributed by atoms with Crippen LogP contribution in [0.25, 0.3) is 5.76 Å². The molecule has 1 N–H and O–H groups in total. The second kappa shape index (κ2) is 10.5. The molecule has 1 amide bonds. The minimum atomic E-state index is -0.671. The molecule has 2 aromatic carbocycles. The van der Waals surface area contributed by atoms with Gasteiger partial charge in [0, 0.05) is 31.7 Å². The number of ether oxygens (including phenoxy) is 2. The summed E-state index contributed by atoms with van der Waals surface area (Å²) < 4.78 is 10.9. The Bertz CT molecular complexity index is 1030. The van der Waals surface area contributed by atoms with Crippen LogP contribution in [0.2, 0.25) is 0 Å². The van der Waals surface area contributed by atoms with E-state index in [4.69, 9.17) is 9.47 Å². The molecular formula is C26H28N2O5. The summed E-state index contributed by atoms with van der Waals surface area (Å²) in [5.41, 5.74) is 1.34. The van der Waals surface area contributed by atoms with Gasteiger partial charge in [0.15, 0.2) is 0 Å². The first-order valence-corrected chi connectivity index (χ1v) is 11.1. The summed E-state index contributed by atoms with van der Waals surface area (Å²) in [6, 6.07) is 15.5. The summed E-state index contributed by atoms with van der Waals surface area (Å²) in [5, 5.41) is 11.1. The zero-order valence-electron chi connectivity index (χ0n) is 18.5. The quantitative estimate of drug-likeness (QED) is 0.290. The number of morpholine rings is 1. The minimum Gasteiger partial charge on any atom is -0.507 e. The fourth-order valence-corrected chi connectivity index (χ4v) is 4.19. The van der Waals surface area contributed by atoms with Crippen LogP contribution in [-0.4, -0.2) is 72.6 Å². The number of carbonyl (C=O) groups excluding carboxylic acids is 2. The molecule has 2 aromatic rings. The van der Waals surface area contributed by atoms with Crippen molar-refractivity contribution in [3.05, 3.63) is 84.0 Å². The number of likely N-dealkylation sites (tertiary alicyclic amines) is 1. The van der Waals surface area contributed by atoms with Crippen molar-refractivity contribution in [2.45, 2.75) is 6.04 Å². The highest BCUT2D eigenvalue weighted by molar-refractivity contribution is 6.46. The Kier molecular flexibility index (Phi) is 7.22. The maximum atomic E-state index is 13.1. The van der Waals surface area contributed by atoms with E-state index in [1.54, 1.807) is 35.2 Å². The number of hydrogen-bond acceptors (Lipinski definition) is 6. The lowest BCUT2D eigenvalue weighted by Crippen LogP contribution is -2.42. The van der Waals surface area contributed by atoms with Gasteiger partial charge in [0.2, 0.25) is 0 Å². The maximum Gasteiger partial charge on any atom is 0.295 e. The topological polar surface area (TPSA) is 79.3 Å². The standard InChI is InChI=1S/C26H28N2O5/c1-2-16-33-21-10-8-20(9-11-21)24(29)22-23(19-6-4-3-5-7-19)28(26(31)25(22)30)13-12-27-14-17-32-18-15-27/h2-11,23,29H,1,12-18H2/b24-22+/t23-/m1/s1. The molecule has 2 fully saturated rings. The molecule has 0 radical (unpaired) electrons. The van der Waals surface area contributed by atoms with Crippen molar-refractivity contribution < 1.29 is 24.2 Å². The van der Waals surface area contributed by atoms with Crippen LogP contribution >= 0.6 is 0 Å². The van der Waals surface area contributed by atoms with Gasteiger partial charge in [-0.05, 0) is 29.8 Å². The normalized spacial score (nSPS) is 20.7. The van der Waals surface area contributed by atoms with Gasteiger partial charge in [-0.15, -0.1) is 0 Å². The van der Waals surface area contributed by atoms with Crippen LogP contribution in [0.15, 0.2) is 72.8 Å². The summed E-state index contributed by atoms with van der Waals surface area (Å²) in [6.07, 6.45) is 1.64. The summed E-state index contributed by atoms with van der Waals surface area (Å²) in [7, 11) is 0. The molecule has 2 aliphatic rings. The predicted molar refractivity (Wildman–Crippen MR) is 125 cm³/mol. The number of hydrogen-bond donors (Lipinski definition) is 1. The number of benzene rings is 2. The van der Waals surface area contributed by atoms with Crippen molar-refractivity contribution in [2.24, 2.45) is 0 Å². The molecule has 7 nitrogen and oxygen atoms in total. The van der Waals surface area contributed by atoms with E-state index < -0.39 is 17.7 Å². The van der Waals surface area contributed by atoms with Gasteiger partial charge in [-0.1, -0.05) is 43.0 Å². The molecule has 2 aliphatic heterocycles. The van der Waals surface area contributed by atoms with Crippen molar-refractivity contribution in [1.82, 2.24) is 9.80 Å².